The number of rotatable bonds is 4. The third-order valence-electron chi connectivity index (χ3n) is 3.98. The van der Waals surface area contributed by atoms with E-state index in [9.17, 15) is 30.6 Å². The van der Waals surface area contributed by atoms with Crippen LogP contribution in [0.4, 0.5) is 0 Å². The van der Waals surface area contributed by atoms with E-state index in [0.29, 0.717) is 0 Å². The lowest BCUT2D eigenvalue weighted by molar-refractivity contribution is -0.361. The van der Waals surface area contributed by atoms with Crippen molar-refractivity contribution in [3.05, 3.63) is 0 Å². The van der Waals surface area contributed by atoms with Crippen LogP contribution in [0.5, 0.6) is 0 Å². The molecule has 11 heteroatoms. The molecule has 2 saturated heterocycles. The highest BCUT2D eigenvalue weighted by atomic mass is 16.7. The average molecular weight is 342 g/mol. The fourth-order valence-corrected chi connectivity index (χ4v) is 2.55. The molecule has 136 valence electrons. The molecule has 2 heterocycles. The Labute approximate surface area is 130 Å². The molecule has 0 saturated carbocycles. The minimum Gasteiger partial charge on any atom is -0.394 e. The van der Waals surface area contributed by atoms with Gasteiger partial charge >= 0.3 is 0 Å². The van der Waals surface area contributed by atoms with Gasteiger partial charge in [-0.15, -0.1) is 0 Å². The van der Waals surface area contributed by atoms with Gasteiger partial charge < -0.3 is 55.1 Å². The summed E-state index contributed by atoms with van der Waals surface area (Å²) >= 11 is 0. The molecule has 0 radical (unpaired) electrons. The quantitative estimate of drug-likeness (QED) is 0.243. The molecule has 2 rings (SSSR count). The van der Waals surface area contributed by atoms with Gasteiger partial charge in [-0.3, -0.25) is 0 Å². The van der Waals surface area contributed by atoms with Crippen LogP contribution in [0, 0.1) is 0 Å². The van der Waals surface area contributed by atoms with Crippen LogP contribution in [0.2, 0.25) is 0 Å². The van der Waals surface area contributed by atoms with Gasteiger partial charge in [0, 0.05) is 0 Å². The van der Waals surface area contributed by atoms with Crippen LogP contribution >= 0.6 is 0 Å². The first-order chi connectivity index (χ1) is 10.8. The molecule has 0 unspecified atom stereocenters. The lowest BCUT2D eigenvalue weighted by Crippen LogP contribution is -2.64. The van der Waals surface area contributed by atoms with Gasteiger partial charge in [0.1, 0.15) is 48.8 Å². The Morgan fingerprint density at radius 2 is 1.17 bits per heavy atom. The van der Waals surface area contributed by atoms with Crippen LogP contribution in [-0.4, -0.2) is 115 Å². The van der Waals surface area contributed by atoms with Crippen molar-refractivity contribution in [1.82, 2.24) is 0 Å². The summed E-state index contributed by atoms with van der Waals surface area (Å²) in [7, 11) is 0. The van der Waals surface area contributed by atoms with Crippen LogP contribution in [0.25, 0.3) is 0 Å². The molecule has 11 nitrogen and oxygen atoms in total. The van der Waals surface area contributed by atoms with Gasteiger partial charge in [-0.2, -0.15) is 0 Å². The average Bonchev–Trinajstić information content (AvgIpc) is 2.54. The van der Waals surface area contributed by atoms with E-state index in [1.165, 1.54) is 0 Å². The monoisotopic (exact) mass is 342 g/mol. The first-order valence-electron chi connectivity index (χ1n) is 7.08. The Balaban J connectivity index is 2.08. The highest BCUT2D eigenvalue weighted by molar-refractivity contribution is 4.93. The molecule has 2 fully saturated rings. The van der Waals surface area contributed by atoms with E-state index >= 15 is 0 Å². The molecule has 0 aromatic rings. The van der Waals surface area contributed by atoms with Gasteiger partial charge in [-0.25, -0.2) is 0 Å². The summed E-state index contributed by atoms with van der Waals surface area (Å²) < 4.78 is 15.1. The highest BCUT2D eigenvalue weighted by Gasteiger charge is 2.50. The van der Waals surface area contributed by atoms with Crippen molar-refractivity contribution in [3.63, 3.8) is 0 Å². The van der Waals surface area contributed by atoms with E-state index in [-0.39, 0.29) is 0 Å². The molecule has 0 amide bonds. The predicted octanol–water partition coefficient (Wildman–Crippen LogP) is -5.40. The van der Waals surface area contributed by atoms with Crippen molar-refractivity contribution in [1.29, 1.82) is 0 Å². The van der Waals surface area contributed by atoms with E-state index in [2.05, 4.69) is 0 Å². The van der Waals surface area contributed by atoms with Crippen LogP contribution in [-0.2, 0) is 14.2 Å². The van der Waals surface area contributed by atoms with E-state index in [4.69, 9.17) is 24.4 Å². The van der Waals surface area contributed by atoms with E-state index < -0.39 is 74.6 Å². The van der Waals surface area contributed by atoms with E-state index in [1.807, 2.05) is 0 Å². The molecule has 10 atom stereocenters. The largest absolute Gasteiger partial charge is 0.394 e. The molecule has 0 spiro atoms. The summed E-state index contributed by atoms with van der Waals surface area (Å²) in [5.41, 5.74) is 0. The van der Waals surface area contributed by atoms with Crippen molar-refractivity contribution in [2.45, 2.75) is 61.4 Å². The van der Waals surface area contributed by atoms with Gasteiger partial charge in [0.15, 0.2) is 12.6 Å². The fourth-order valence-electron chi connectivity index (χ4n) is 2.55. The SMILES string of the molecule is OC[C@@H]1O[C@@H](O[C@@H]2[C@@H](O)[C@H](O)[C@@H](CO)O[C@H]2O)[C@H](O)[C@H](O)[C@H]1O. The van der Waals surface area contributed by atoms with Crippen molar-refractivity contribution in [2.24, 2.45) is 0 Å². The normalized spacial score (nSPS) is 51.7. The minimum atomic E-state index is -1.75. The van der Waals surface area contributed by atoms with E-state index in [0.717, 1.165) is 0 Å². The second-order valence-electron chi connectivity index (χ2n) is 5.53. The smallest absolute Gasteiger partial charge is 0.187 e. The molecule has 0 aromatic carbocycles. The zero-order valence-corrected chi connectivity index (χ0v) is 12.0. The lowest BCUT2D eigenvalue weighted by atomic mass is 9.97. The summed E-state index contributed by atoms with van der Waals surface area (Å²) in [4.78, 5) is 0. The second kappa shape index (κ2) is 7.63. The van der Waals surface area contributed by atoms with E-state index in [1.54, 1.807) is 0 Å². The Bertz CT molecular complexity index is 380. The molecule has 0 aromatic heterocycles. The Kier molecular flexibility index (Phi) is 6.27. The van der Waals surface area contributed by atoms with Crippen LogP contribution in [0.3, 0.4) is 0 Å². The maximum atomic E-state index is 9.94. The summed E-state index contributed by atoms with van der Waals surface area (Å²) in [5, 5.41) is 76.7. The van der Waals surface area contributed by atoms with Gasteiger partial charge in [0.2, 0.25) is 0 Å². The van der Waals surface area contributed by atoms with Crippen LogP contribution in [0.15, 0.2) is 0 Å². The standard InChI is InChI=1S/C12H22O11/c13-1-3-6(16)8(18)10(11(20)21-3)23-12-9(19)7(17)5(15)4(2-14)22-12/h3-20H,1-2H2/t3-,4+,5+,6-,7-,8+,9-,10-,11-,12+/m1/s1. The molecule has 2 aliphatic rings. The van der Waals surface area contributed by atoms with Gasteiger partial charge in [-0.05, 0) is 0 Å². The van der Waals surface area contributed by atoms with Crippen molar-refractivity contribution >= 4 is 0 Å². The van der Waals surface area contributed by atoms with Crippen LogP contribution in [0.1, 0.15) is 0 Å². The second-order valence-corrected chi connectivity index (χ2v) is 5.53. The number of aliphatic hydroxyl groups excluding tert-OH is 8. The first kappa shape index (κ1) is 18.9. The number of hydrogen-bond donors (Lipinski definition) is 8. The predicted molar refractivity (Wildman–Crippen MR) is 68.6 cm³/mol. The lowest BCUT2D eigenvalue weighted by Gasteiger charge is -2.44. The zero-order chi connectivity index (χ0) is 17.3. The molecule has 0 aliphatic carbocycles. The topological polar surface area (TPSA) is 190 Å². The van der Waals surface area contributed by atoms with Gasteiger partial charge in [0.05, 0.1) is 13.2 Å². The molecular weight excluding hydrogens is 320 g/mol. The Morgan fingerprint density at radius 3 is 1.74 bits per heavy atom. The van der Waals surface area contributed by atoms with Crippen molar-refractivity contribution < 1.29 is 55.1 Å². The van der Waals surface area contributed by atoms with Gasteiger partial charge in [0.25, 0.3) is 0 Å². The molecule has 23 heavy (non-hydrogen) atoms. The number of ether oxygens (including phenoxy) is 3. The zero-order valence-electron chi connectivity index (χ0n) is 12.0. The maximum absolute atomic E-state index is 9.94. The summed E-state index contributed by atoms with van der Waals surface area (Å²) in [6, 6.07) is 0. The third kappa shape index (κ3) is 3.65. The molecule has 0 bridgehead atoms. The molecular formula is C12H22O11. The number of hydrogen-bond acceptors (Lipinski definition) is 11. The van der Waals surface area contributed by atoms with Gasteiger partial charge in [-0.1, -0.05) is 0 Å². The minimum absolute atomic E-state index is 0.651. The Hall–Kier alpha value is -0.440. The van der Waals surface area contributed by atoms with Crippen LogP contribution < -0.4 is 0 Å². The summed E-state index contributed by atoms with van der Waals surface area (Å²) in [6.45, 7) is -1.33. The summed E-state index contributed by atoms with van der Waals surface area (Å²) in [6.07, 6.45) is -15.6. The fraction of sp³-hybridized carbons (Fsp3) is 1.00. The first-order valence-corrected chi connectivity index (χ1v) is 7.08. The third-order valence-corrected chi connectivity index (χ3v) is 3.98. The van der Waals surface area contributed by atoms with Crippen molar-refractivity contribution in [2.75, 3.05) is 13.2 Å². The maximum Gasteiger partial charge on any atom is 0.187 e. The number of aliphatic hydroxyl groups is 8. The highest BCUT2D eigenvalue weighted by Crippen LogP contribution is 2.28. The Morgan fingerprint density at radius 1 is 0.652 bits per heavy atom. The van der Waals surface area contributed by atoms with Crippen molar-refractivity contribution in [3.8, 4) is 0 Å². The molecule has 2 aliphatic heterocycles. The summed E-state index contributed by atoms with van der Waals surface area (Å²) in [5.74, 6) is 0. The molecule has 8 N–H and O–H groups in total.